The smallest absolute Gasteiger partial charge is 0.270 e. The van der Waals surface area contributed by atoms with Crippen molar-refractivity contribution in [2.24, 2.45) is 0 Å². The van der Waals surface area contributed by atoms with Crippen molar-refractivity contribution in [3.8, 4) is 0 Å². The van der Waals surface area contributed by atoms with Crippen LogP contribution < -0.4 is 10.6 Å². The first kappa shape index (κ1) is 24.0. The maximum Gasteiger partial charge on any atom is 0.270 e. The van der Waals surface area contributed by atoms with Crippen LogP contribution in [0.25, 0.3) is 0 Å². The lowest BCUT2D eigenvalue weighted by molar-refractivity contribution is -0.324. The van der Waals surface area contributed by atoms with Gasteiger partial charge in [0, 0.05) is 25.1 Å². The number of nitrogens with one attached hydrogen (secondary N) is 2. The van der Waals surface area contributed by atoms with Crippen LogP contribution in [-0.4, -0.2) is 66.1 Å². The highest BCUT2D eigenvalue weighted by molar-refractivity contribution is 5.93. The first-order valence-electron chi connectivity index (χ1n) is 11.6. The monoisotopic (exact) mass is 490 g/mol. The predicted molar refractivity (Wildman–Crippen MR) is 127 cm³/mol. The fraction of sp³-hybridized carbons (Fsp3) is 0.308. The number of pyridine rings is 2. The summed E-state index contributed by atoms with van der Waals surface area (Å²) in [6.45, 7) is 0.209. The van der Waals surface area contributed by atoms with Gasteiger partial charge < -0.3 is 29.6 Å². The molecule has 2 amide bonds. The van der Waals surface area contributed by atoms with E-state index in [-0.39, 0.29) is 18.0 Å². The van der Waals surface area contributed by atoms with Crippen molar-refractivity contribution < 1.29 is 28.5 Å². The number of benzene rings is 1. The van der Waals surface area contributed by atoms with Crippen LogP contribution in [0.15, 0.2) is 79.1 Å². The fourth-order valence-corrected chi connectivity index (χ4v) is 4.37. The molecule has 10 heteroatoms. The molecule has 2 N–H and O–H groups in total. The van der Waals surface area contributed by atoms with Crippen LogP contribution in [0.1, 0.15) is 32.8 Å². The minimum atomic E-state index is -0.881. The van der Waals surface area contributed by atoms with Crippen LogP contribution in [0.2, 0.25) is 0 Å². The highest BCUT2D eigenvalue weighted by Crippen LogP contribution is 2.34. The highest BCUT2D eigenvalue weighted by atomic mass is 16.7. The molecule has 2 aromatic heterocycles. The van der Waals surface area contributed by atoms with Crippen LogP contribution in [0, 0.1) is 0 Å². The summed E-state index contributed by atoms with van der Waals surface area (Å²) in [7, 11) is 1.47. The first-order chi connectivity index (χ1) is 17.6. The Labute approximate surface area is 207 Å². The minimum absolute atomic E-state index is 0.209. The van der Waals surface area contributed by atoms with E-state index in [2.05, 4.69) is 20.6 Å². The Morgan fingerprint density at radius 3 is 2.03 bits per heavy atom. The highest BCUT2D eigenvalue weighted by Gasteiger charge is 2.51. The topological polar surface area (TPSA) is 121 Å². The number of nitrogens with zero attached hydrogens (tertiary/aromatic N) is 2. The maximum absolute atomic E-state index is 13.2. The van der Waals surface area contributed by atoms with E-state index in [1.54, 1.807) is 36.4 Å². The van der Waals surface area contributed by atoms with Crippen LogP contribution in [0.5, 0.6) is 0 Å². The average molecular weight is 491 g/mol. The summed E-state index contributed by atoms with van der Waals surface area (Å²) in [5.41, 5.74) is 1.28. The molecule has 6 atom stereocenters. The Hall–Kier alpha value is -3.70. The summed E-state index contributed by atoms with van der Waals surface area (Å²) in [5, 5.41) is 5.92. The number of aromatic nitrogens is 2. The van der Waals surface area contributed by atoms with Gasteiger partial charge in [-0.3, -0.25) is 19.6 Å². The Kier molecular flexibility index (Phi) is 7.28. The SMILES string of the molecule is CO[C@H]1O[C@@H]2CO[C@@H](c3ccccc3)O[C@H]2[C@H](NC(=O)c2ccccn2)[C@@H]1NC(=O)c1ccccn1. The molecule has 0 unspecified atom stereocenters. The van der Waals surface area contributed by atoms with E-state index in [9.17, 15) is 9.59 Å². The van der Waals surface area contributed by atoms with Gasteiger partial charge in [0.15, 0.2) is 12.6 Å². The van der Waals surface area contributed by atoms with Gasteiger partial charge in [-0.15, -0.1) is 0 Å². The lowest BCUT2D eigenvalue weighted by Crippen LogP contribution is -2.71. The molecule has 36 heavy (non-hydrogen) atoms. The summed E-state index contributed by atoms with van der Waals surface area (Å²) in [4.78, 5) is 34.5. The first-order valence-corrected chi connectivity index (χ1v) is 11.6. The zero-order chi connectivity index (χ0) is 24.9. The van der Waals surface area contributed by atoms with Gasteiger partial charge in [0.2, 0.25) is 0 Å². The summed E-state index contributed by atoms with van der Waals surface area (Å²) in [5.74, 6) is -0.854. The number of carbonyl (C=O) groups is 2. The van der Waals surface area contributed by atoms with E-state index in [4.69, 9.17) is 18.9 Å². The molecular formula is C26H26N4O6. The number of hydrogen-bond acceptors (Lipinski definition) is 8. The largest absolute Gasteiger partial charge is 0.354 e. The molecule has 2 aliphatic heterocycles. The van der Waals surface area contributed by atoms with E-state index >= 15 is 0 Å². The molecule has 186 valence electrons. The standard InChI is InChI=1S/C26H26N4O6/c1-33-26-21(30-24(32)18-12-6-8-14-28-18)20(29-23(31)17-11-5-7-13-27-17)22-19(35-26)15-34-25(36-22)16-9-3-2-4-10-16/h2-14,19-22,25-26H,15H2,1H3,(H,29,31)(H,30,32)/t19-,20-,21+,22-,25-,26+/m1/s1. The van der Waals surface area contributed by atoms with Gasteiger partial charge >= 0.3 is 0 Å². The number of fused-ring (bicyclic) bond motifs is 1. The van der Waals surface area contributed by atoms with Gasteiger partial charge in [-0.1, -0.05) is 42.5 Å². The summed E-state index contributed by atoms with van der Waals surface area (Å²) in [6, 6.07) is 18.1. The lowest BCUT2D eigenvalue weighted by Gasteiger charge is -2.49. The Balaban J connectivity index is 1.46. The molecule has 0 radical (unpaired) electrons. The fourth-order valence-electron chi connectivity index (χ4n) is 4.37. The normalized spacial score (nSPS) is 27.5. The molecule has 1 aromatic carbocycles. The van der Waals surface area contributed by atoms with Gasteiger partial charge in [-0.2, -0.15) is 0 Å². The Bertz CT molecular complexity index is 1170. The van der Waals surface area contributed by atoms with Gasteiger partial charge in [0.05, 0.1) is 12.6 Å². The molecule has 2 aliphatic rings. The number of ether oxygens (including phenoxy) is 4. The lowest BCUT2D eigenvalue weighted by atomic mass is 9.92. The van der Waals surface area contributed by atoms with Crippen molar-refractivity contribution in [3.05, 3.63) is 96.1 Å². The predicted octanol–water partition coefficient (Wildman–Crippen LogP) is 1.86. The summed E-state index contributed by atoms with van der Waals surface area (Å²) < 4.78 is 24.0. The molecular weight excluding hydrogens is 464 g/mol. The van der Waals surface area contributed by atoms with Crippen molar-refractivity contribution >= 4 is 11.8 Å². The van der Waals surface area contributed by atoms with Gasteiger partial charge in [-0.05, 0) is 24.3 Å². The second-order valence-electron chi connectivity index (χ2n) is 8.38. The second-order valence-corrected chi connectivity index (χ2v) is 8.38. The van der Waals surface area contributed by atoms with E-state index in [1.165, 1.54) is 19.5 Å². The van der Waals surface area contributed by atoms with Gasteiger partial charge in [-0.25, -0.2) is 0 Å². The molecule has 2 fully saturated rings. The van der Waals surface area contributed by atoms with Crippen LogP contribution >= 0.6 is 0 Å². The molecule has 3 aromatic rings. The van der Waals surface area contributed by atoms with Gasteiger partial charge in [0.1, 0.15) is 29.6 Å². The van der Waals surface area contributed by atoms with Crippen molar-refractivity contribution in [1.29, 1.82) is 0 Å². The zero-order valence-corrected chi connectivity index (χ0v) is 19.5. The average Bonchev–Trinajstić information content (AvgIpc) is 2.95. The molecule has 0 spiro atoms. The second kappa shape index (κ2) is 10.9. The van der Waals surface area contributed by atoms with E-state index in [0.717, 1.165) is 5.56 Å². The van der Waals surface area contributed by atoms with Crippen LogP contribution in [-0.2, 0) is 18.9 Å². The number of amides is 2. The van der Waals surface area contributed by atoms with E-state index in [1.807, 2.05) is 30.3 Å². The van der Waals surface area contributed by atoms with Crippen molar-refractivity contribution in [3.63, 3.8) is 0 Å². The third-order valence-corrected chi connectivity index (χ3v) is 6.10. The molecule has 0 aliphatic carbocycles. The van der Waals surface area contributed by atoms with Crippen molar-refractivity contribution in [2.45, 2.75) is 36.9 Å². The molecule has 0 saturated carbocycles. The molecule has 10 nitrogen and oxygen atoms in total. The quantitative estimate of drug-likeness (QED) is 0.537. The molecule has 2 saturated heterocycles. The van der Waals surface area contributed by atoms with Gasteiger partial charge in [0.25, 0.3) is 11.8 Å². The third-order valence-electron chi connectivity index (χ3n) is 6.10. The Morgan fingerprint density at radius 1 is 0.833 bits per heavy atom. The molecule has 5 rings (SSSR count). The van der Waals surface area contributed by atoms with Crippen LogP contribution in [0.4, 0.5) is 0 Å². The maximum atomic E-state index is 13.2. The number of carbonyl (C=O) groups excluding carboxylic acids is 2. The minimum Gasteiger partial charge on any atom is -0.354 e. The van der Waals surface area contributed by atoms with Crippen LogP contribution in [0.3, 0.4) is 0 Å². The van der Waals surface area contributed by atoms with Crippen molar-refractivity contribution in [2.75, 3.05) is 13.7 Å². The third kappa shape index (κ3) is 5.12. The number of hydrogen-bond donors (Lipinski definition) is 2. The summed E-state index contributed by atoms with van der Waals surface area (Å²) >= 11 is 0. The molecule has 4 heterocycles. The van der Waals surface area contributed by atoms with E-state index in [0.29, 0.717) is 0 Å². The Morgan fingerprint density at radius 2 is 1.44 bits per heavy atom. The number of rotatable bonds is 6. The summed E-state index contributed by atoms with van der Waals surface area (Å²) in [6.07, 6.45) is 0.313. The zero-order valence-electron chi connectivity index (χ0n) is 19.5. The van der Waals surface area contributed by atoms with Crippen molar-refractivity contribution in [1.82, 2.24) is 20.6 Å². The van der Waals surface area contributed by atoms with E-state index < -0.39 is 48.7 Å². The number of methoxy groups -OCH3 is 1. The molecule has 0 bridgehead atoms.